The van der Waals surface area contributed by atoms with Gasteiger partial charge in [-0.1, -0.05) is 19.1 Å². The van der Waals surface area contributed by atoms with E-state index in [-0.39, 0.29) is 12.2 Å². The van der Waals surface area contributed by atoms with E-state index >= 15 is 0 Å². The Morgan fingerprint density at radius 3 is 2.43 bits per heavy atom. The van der Waals surface area contributed by atoms with Gasteiger partial charge < -0.3 is 9.64 Å². The van der Waals surface area contributed by atoms with E-state index in [1.807, 2.05) is 0 Å². The van der Waals surface area contributed by atoms with Gasteiger partial charge in [-0.25, -0.2) is 8.42 Å². The second kappa shape index (κ2) is 6.84. The first kappa shape index (κ1) is 17.4. The Kier molecular flexibility index (Phi) is 5.65. The predicted molar refractivity (Wildman–Crippen MR) is 74.1 cm³/mol. The highest BCUT2D eigenvalue weighted by Crippen LogP contribution is 2.28. The van der Waals surface area contributed by atoms with E-state index < -0.39 is 32.4 Å². The fraction of sp³-hybridized carbons (Fsp3) is 0.462. The van der Waals surface area contributed by atoms with Crippen LogP contribution in [0, 0.1) is 5.92 Å². The summed E-state index contributed by atoms with van der Waals surface area (Å²) in [5.74, 6) is -4.48. The van der Waals surface area contributed by atoms with Gasteiger partial charge >= 0.3 is 11.7 Å². The third-order valence-electron chi connectivity index (χ3n) is 2.97. The van der Waals surface area contributed by atoms with Gasteiger partial charge in [-0.05, 0) is 12.1 Å². The van der Waals surface area contributed by atoms with Crippen molar-refractivity contribution in [2.75, 3.05) is 25.6 Å². The minimum absolute atomic E-state index is 0.119. The van der Waals surface area contributed by atoms with Crippen molar-refractivity contribution >= 4 is 21.5 Å². The second-order valence-corrected chi connectivity index (χ2v) is 6.46. The molecule has 0 aliphatic carbocycles. The Morgan fingerprint density at radius 2 is 1.90 bits per heavy atom. The fourth-order valence-corrected chi connectivity index (χ4v) is 2.87. The molecule has 0 aliphatic heterocycles. The summed E-state index contributed by atoms with van der Waals surface area (Å²) in [7, 11) is -1.93. The molecule has 1 aromatic carbocycles. The van der Waals surface area contributed by atoms with Gasteiger partial charge in [0.1, 0.15) is 0 Å². The SMILES string of the molecule is COC(=O)C(C)CN(C)c1ccccc1S(=O)(=O)C(F)F. The van der Waals surface area contributed by atoms with Crippen LogP contribution in [0.3, 0.4) is 0 Å². The molecule has 0 N–H and O–H groups in total. The van der Waals surface area contributed by atoms with E-state index in [0.29, 0.717) is 0 Å². The number of benzene rings is 1. The van der Waals surface area contributed by atoms with E-state index in [1.54, 1.807) is 13.0 Å². The molecule has 1 rings (SSSR count). The van der Waals surface area contributed by atoms with Crippen LogP contribution in [0.25, 0.3) is 0 Å². The Morgan fingerprint density at radius 1 is 1.33 bits per heavy atom. The van der Waals surface area contributed by atoms with Gasteiger partial charge in [-0.3, -0.25) is 4.79 Å². The van der Waals surface area contributed by atoms with Crippen LogP contribution in [-0.2, 0) is 19.4 Å². The molecule has 0 saturated heterocycles. The number of hydrogen-bond donors (Lipinski definition) is 0. The zero-order chi connectivity index (χ0) is 16.2. The second-order valence-electron chi connectivity index (χ2n) is 4.58. The highest BCUT2D eigenvalue weighted by molar-refractivity contribution is 7.91. The zero-order valence-corrected chi connectivity index (χ0v) is 12.7. The van der Waals surface area contributed by atoms with Gasteiger partial charge in [-0.15, -0.1) is 0 Å². The molecule has 0 bridgehead atoms. The topological polar surface area (TPSA) is 63.7 Å². The third kappa shape index (κ3) is 3.90. The number of para-hydroxylation sites is 1. The van der Waals surface area contributed by atoms with E-state index in [0.717, 1.165) is 6.07 Å². The Labute approximate surface area is 122 Å². The zero-order valence-electron chi connectivity index (χ0n) is 11.9. The Bertz CT molecular complexity index is 604. The van der Waals surface area contributed by atoms with Crippen molar-refractivity contribution in [1.82, 2.24) is 0 Å². The highest BCUT2D eigenvalue weighted by Gasteiger charge is 2.30. The van der Waals surface area contributed by atoms with Crippen LogP contribution in [0.5, 0.6) is 0 Å². The Balaban J connectivity index is 3.12. The third-order valence-corrected chi connectivity index (χ3v) is 4.40. The van der Waals surface area contributed by atoms with E-state index in [9.17, 15) is 22.0 Å². The normalized spacial score (nSPS) is 13.0. The van der Waals surface area contributed by atoms with E-state index in [1.165, 1.54) is 31.2 Å². The number of esters is 1. The smallest absolute Gasteiger partial charge is 0.341 e. The number of carbonyl (C=O) groups excluding carboxylic acids is 1. The van der Waals surface area contributed by atoms with E-state index in [2.05, 4.69) is 4.74 Å². The maximum absolute atomic E-state index is 12.7. The van der Waals surface area contributed by atoms with Gasteiger partial charge in [0.25, 0.3) is 0 Å². The predicted octanol–water partition coefficient (Wildman–Crippen LogP) is 1.93. The molecule has 0 fully saturated rings. The fourth-order valence-electron chi connectivity index (χ4n) is 1.89. The maximum Gasteiger partial charge on any atom is 0.341 e. The monoisotopic (exact) mass is 321 g/mol. The van der Waals surface area contributed by atoms with Crippen molar-refractivity contribution in [1.29, 1.82) is 0 Å². The van der Waals surface area contributed by atoms with E-state index in [4.69, 9.17) is 0 Å². The first-order chi connectivity index (χ1) is 9.71. The standard InChI is InChI=1S/C13H17F2NO4S/c1-9(12(17)20-3)8-16(2)10-6-4-5-7-11(10)21(18,19)13(14)15/h4-7,9,13H,8H2,1-3H3. The number of anilines is 1. The molecule has 0 saturated carbocycles. The van der Waals surface area contributed by atoms with Crippen molar-refractivity contribution in [2.45, 2.75) is 17.6 Å². The minimum Gasteiger partial charge on any atom is -0.469 e. The summed E-state index contributed by atoms with van der Waals surface area (Å²) in [5, 5.41) is 0. The number of methoxy groups -OCH3 is 1. The number of hydrogen-bond acceptors (Lipinski definition) is 5. The lowest BCUT2D eigenvalue weighted by atomic mass is 10.1. The summed E-state index contributed by atoms with van der Waals surface area (Å²) in [6.45, 7) is 1.75. The largest absolute Gasteiger partial charge is 0.469 e. The molecule has 0 spiro atoms. The number of sulfone groups is 1. The van der Waals surface area contributed by atoms with Crippen molar-refractivity contribution in [3.63, 3.8) is 0 Å². The number of ether oxygens (including phenoxy) is 1. The van der Waals surface area contributed by atoms with Crippen LogP contribution in [0.4, 0.5) is 14.5 Å². The van der Waals surface area contributed by atoms with Gasteiger partial charge in [0.2, 0.25) is 9.84 Å². The number of nitrogens with zero attached hydrogens (tertiary/aromatic N) is 1. The number of alkyl halides is 2. The number of rotatable bonds is 6. The number of halogens is 2. The molecule has 0 radical (unpaired) electrons. The number of carbonyl (C=O) groups is 1. The summed E-state index contributed by atoms with van der Waals surface area (Å²) in [6, 6.07) is 5.45. The molecule has 21 heavy (non-hydrogen) atoms. The van der Waals surface area contributed by atoms with Crippen LogP contribution >= 0.6 is 0 Å². The molecular weight excluding hydrogens is 304 g/mol. The minimum atomic E-state index is -4.71. The van der Waals surface area contributed by atoms with Crippen LogP contribution in [0.15, 0.2) is 29.2 Å². The van der Waals surface area contributed by atoms with Crippen LogP contribution in [-0.4, -0.2) is 40.8 Å². The van der Waals surface area contributed by atoms with Gasteiger partial charge in [-0.2, -0.15) is 8.78 Å². The molecule has 0 amide bonds. The average molecular weight is 321 g/mol. The maximum atomic E-state index is 12.7. The van der Waals surface area contributed by atoms with Crippen molar-refractivity contribution in [3.8, 4) is 0 Å². The lowest BCUT2D eigenvalue weighted by Crippen LogP contribution is -2.30. The molecule has 0 aromatic heterocycles. The van der Waals surface area contributed by atoms with Crippen molar-refractivity contribution < 1.29 is 26.7 Å². The Hall–Kier alpha value is -1.70. The first-order valence-corrected chi connectivity index (χ1v) is 7.66. The highest BCUT2D eigenvalue weighted by atomic mass is 32.2. The van der Waals surface area contributed by atoms with Gasteiger partial charge in [0.15, 0.2) is 0 Å². The van der Waals surface area contributed by atoms with Crippen LogP contribution in [0.1, 0.15) is 6.92 Å². The lowest BCUT2D eigenvalue weighted by Gasteiger charge is -2.24. The summed E-state index contributed by atoms with van der Waals surface area (Å²) >= 11 is 0. The van der Waals surface area contributed by atoms with Crippen molar-refractivity contribution in [3.05, 3.63) is 24.3 Å². The summed E-state index contributed by atoms with van der Waals surface area (Å²) in [5.41, 5.74) is 0.119. The molecule has 118 valence electrons. The molecular formula is C13H17F2NO4S. The summed E-state index contributed by atoms with van der Waals surface area (Å²) in [4.78, 5) is 12.4. The summed E-state index contributed by atoms with van der Waals surface area (Å²) in [6.07, 6.45) is 0. The molecule has 0 aliphatic rings. The first-order valence-electron chi connectivity index (χ1n) is 6.11. The van der Waals surface area contributed by atoms with Crippen LogP contribution in [0.2, 0.25) is 0 Å². The molecule has 0 heterocycles. The molecule has 1 unspecified atom stereocenters. The van der Waals surface area contributed by atoms with Crippen molar-refractivity contribution in [2.24, 2.45) is 5.92 Å². The molecule has 5 nitrogen and oxygen atoms in total. The van der Waals surface area contributed by atoms with Gasteiger partial charge in [0.05, 0.1) is 23.6 Å². The quantitative estimate of drug-likeness (QED) is 0.749. The van der Waals surface area contributed by atoms with Gasteiger partial charge in [0, 0.05) is 13.6 Å². The molecule has 1 aromatic rings. The summed E-state index contributed by atoms with van der Waals surface area (Å²) < 4.78 is 53.3. The molecule has 8 heteroatoms. The van der Waals surface area contributed by atoms with Crippen LogP contribution < -0.4 is 4.90 Å². The molecule has 1 atom stereocenters. The lowest BCUT2D eigenvalue weighted by molar-refractivity contribution is -0.144. The average Bonchev–Trinajstić information content (AvgIpc) is 2.45.